The molecule has 0 heterocycles. The minimum atomic E-state index is 0.415. The minimum Gasteiger partial charge on any atom is -0.0842 e. The van der Waals surface area contributed by atoms with Gasteiger partial charge in [0.2, 0.25) is 0 Å². The number of alkyl halides is 1. The minimum absolute atomic E-state index is 0.415. The first-order valence-corrected chi connectivity index (χ1v) is 6.40. The van der Waals surface area contributed by atoms with E-state index in [1.165, 1.54) is 22.3 Å². The summed E-state index contributed by atoms with van der Waals surface area (Å²) >= 11 is 3.58. The summed E-state index contributed by atoms with van der Waals surface area (Å²) in [5.41, 5.74) is 5.24. The molecule has 82 valence electrons. The molecule has 0 saturated heterocycles. The number of rotatable bonds is 2. The molecular formula is C15H15Br. The van der Waals surface area contributed by atoms with E-state index in [1.807, 2.05) is 0 Å². The number of aryl methyl sites for hydroxylation is 1. The molecule has 0 N–H and O–H groups in total. The maximum atomic E-state index is 3.58. The van der Waals surface area contributed by atoms with Crippen molar-refractivity contribution in [2.24, 2.45) is 0 Å². The van der Waals surface area contributed by atoms with Crippen molar-refractivity contribution in [1.82, 2.24) is 0 Å². The molecule has 0 saturated carbocycles. The summed E-state index contributed by atoms with van der Waals surface area (Å²) in [6, 6.07) is 17.2. The van der Waals surface area contributed by atoms with Gasteiger partial charge in [0.05, 0.1) is 0 Å². The lowest BCUT2D eigenvalue weighted by Gasteiger charge is -2.08. The summed E-state index contributed by atoms with van der Waals surface area (Å²) in [7, 11) is 0. The summed E-state index contributed by atoms with van der Waals surface area (Å²) in [6.07, 6.45) is 0. The van der Waals surface area contributed by atoms with Crippen molar-refractivity contribution >= 4 is 15.9 Å². The average Bonchev–Trinajstić information content (AvgIpc) is 2.30. The molecule has 1 heteroatoms. The van der Waals surface area contributed by atoms with Crippen molar-refractivity contribution in [3.8, 4) is 11.1 Å². The highest BCUT2D eigenvalue weighted by Crippen LogP contribution is 2.27. The lowest BCUT2D eigenvalue weighted by Crippen LogP contribution is -1.85. The van der Waals surface area contributed by atoms with Crippen LogP contribution in [-0.2, 0) is 0 Å². The van der Waals surface area contributed by atoms with Crippen LogP contribution in [0.2, 0.25) is 0 Å². The van der Waals surface area contributed by atoms with Gasteiger partial charge >= 0.3 is 0 Å². The van der Waals surface area contributed by atoms with Gasteiger partial charge in [0.1, 0.15) is 0 Å². The lowest BCUT2D eigenvalue weighted by molar-refractivity contribution is 1.12. The fourth-order valence-corrected chi connectivity index (χ4v) is 2.13. The molecule has 0 aromatic heterocycles. The topological polar surface area (TPSA) is 0 Å². The van der Waals surface area contributed by atoms with Gasteiger partial charge in [-0.05, 0) is 36.1 Å². The van der Waals surface area contributed by atoms with Crippen molar-refractivity contribution in [3.05, 3.63) is 59.7 Å². The second-order valence-electron chi connectivity index (χ2n) is 4.05. The van der Waals surface area contributed by atoms with Gasteiger partial charge in [0, 0.05) is 4.83 Å². The zero-order valence-corrected chi connectivity index (χ0v) is 11.2. The molecule has 0 aliphatic heterocycles. The van der Waals surface area contributed by atoms with Gasteiger partial charge in [-0.3, -0.25) is 0 Å². The quantitative estimate of drug-likeness (QED) is 0.667. The van der Waals surface area contributed by atoms with E-state index < -0.39 is 0 Å². The summed E-state index contributed by atoms with van der Waals surface area (Å²) in [4.78, 5) is 0.415. The molecule has 0 bridgehead atoms. The van der Waals surface area contributed by atoms with Crippen LogP contribution in [0.4, 0.5) is 0 Å². The van der Waals surface area contributed by atoms with Gasteiger partial charge in [0.15, 0.2) is 0 Å². The largest absolute Gasteiger partial charge is 0.0842 e. The Morgan fingerprint density at radius 2 is 1.56 bits per heavy atom. The maximum Gasteiger partial charge on any atom is 0.0367 e. The van der Waals surface area contributed by atoms with Crippen LogP contribution in [0.1, 0.15) is 22.9 Å². The van der Waals surface area contributed by atoms with Crippen LogP contribution in [-0.4, -0.2) is 0 Å². The Morgan fingerprint density at radius 3 is 2.12 bits per heavy atom. The molecule has 0 radical (unpaired) electrons. The standard InChI is InChI=1S/C15H15Br/c1-11-5-3-4-6-15(11)14-9-7-13(8-10-14)12(2)16/h3-10,12H,1-2H3. The van der Waals surface area contributed by atoms with Crippen molar-refractivity contribution in [2.75, 3.05) is 0 Å². The fourth-order valence-electron chi connectivity index (χ4n) is 1.82. The number of benzene rings is 2. The van der Waals surface area contributed by atoms with E-state index in [9.17, 15) is 0 Å². The van der Waals surface area contributed by atoms with Crippen LogP contribution < -0.4 is 0 Å². The van der Waals surface area contributed by atoms with E-state index >= 15 is 0 Å². The van der Waals surface area contributed by atoms with Gasteiger partial charge in [-0.1, -0.05) is 64.5 Å². The van der Waals surface area contributed by atoms with Crippen molar-refractivity contribution in [1.29, 1.82) is 0 Å². The first kappa shape index (κ1) is 11.4. The molecule has 2 aromatic carbocycles. The molecule has 16 heavy (non-hydrogen) atoms. The predicted molar refractivity (Wildman–Crippen MR) is 74.0 cm³/mol. The van der Waals surface area contributed by atoms with Crippen LogP contribution in [0, 0.1) is 6.92 Å². The van der Waals surface area contributed by atoms with Gasteiger partial charge in [-0.25, -0.2) is 0 Å². The second kappa shape index (κ2) is 4.84. The van der Waals surface area contributed by atoms with Crippen molar-refractivity contribution < 1.29 is 0 Å². The molecule has 0 spiro atoms. The van der Waals surface area contributed by atoms with Crippen LogP contribution in [0.5, 0.6) is 0 Å². The molecule has 0 nitrogen and oxygen atoms in total. The van der Waals surface area contributed by atoms with Gasteiger partial charge in [-0.15, -0.1) is 0 Å². The Kier molecular flexibility index (Phi) is 3.45. The summed E-state index contributed by atoms with van der Waals surface area (Å²) in [5.74, 6) is 0. The monoisotopic (exact) mass is 274 g/mol. The molecule has 0 aliphatic rings. The molecule has 2 aromatic rings. The Bertz CT molecular complexity index is 469. The van der Waals surface area contributed by atoms with Crippen LogP contribution in [0.15, 0.2) is 48.5 Å². The molecule has 1 atom stereocenters. The first-order valence-electron chi connectivity index (χ1n) is 5.48. The highest BCUT2D eigenvalue weighted by molar-refractivity contribution is 9.09. The number of hydrogen-bond donors (Lipinski definition) is 0. The normalized spacial score (nSPS) is 12.4. The number of hydrogen-bond acceptors (Lipinski definition) is 0. The maximum absolute atomic E-state index is 3.58. The SMILES string of the molecule is Cc1ccccc1-c1ccc(C(C)Br)cc1. The zero-order chi connectivity index (χ0) is 11.5. The molecule has 2 rings (SSSR count). The summed E-state index contributed by atoms with van der Waals surface area (Å²) in [5, 5.41) is 0. The van der Waals surface area contributed by atoms with Crippen LogP contribution in [0.25, 0.3) is 11.1 Å². The molecule has 0 amide bonds. The third kappa shape index (κ3) is 2.35. The third-order valence-electron chi connectivity index (χ3n) is 2.83. The highest BCUT2D eigenvalue weighted by Gasteiger charge is 2.03. The lowest BCUT2D eigenvalue weighted by atomic mass is 9.99. The van der Waals surface area contributed by atoms with Crippen molar-refractivity contribution in [3.63, 3.8) is 0 Å². The van der Waals surface area contributed by atoms with E-state index in [0.717, 1.165) is 0 Å². The summed E-state index contributed by atoms with van der Waals surface area (Å²) < 4.78 is 0. The van der Waals surface area contributed by atoms with Gasteiger partial charge < -0.3 is 0 Å². The number of halogens is 1. The third-order valence-corrected chi connectivity index (χ3v) is 3.35. The Labute approximate surface area is 105 Å². The van der Waals surface area contributed by atoms with E-state index in [2.05, 4.69) is 78.3 Å². The Morgan fingerprint density at radius 1 is 0.938 bits per heavy atom. The van der Waals surface area contributed by atoms with E-state index in [1.54, 1.807) is 0 Å². The predicted octanol–water partition coefficient (Wildman–Crippen LogP) is 5.12. The Balaban J connectivity index is 2.39. The van der Waals surface area contributed by atoms with Gasteiger partial charge in [-0.2, -0.15) is 0 Å². The van der Waals surface area contributed by atoms with E-state index in [-0.39, 0.29) is 0 Å². The molecule has 0 aliphatic carbocycles. The van der Waals surface area contributed by atoms with Crippen LogP contribution >= 0.6 is 15.9 Å². The highest BCUT2D eigenvalue weighted by atomic mass is 79.9. The molecular weight excluding hydrogens is 260 g/mol. The second-order valence-corrected chi connectivity index (χ2v) is 5.43. The average molecular weight is 275 g/mol. The van der Waals surface area contributed by atoms with Crippen LogP contribution in [0.3, 0.4) is 0 Å². The molecule has 1 unspecified atom stereocenters. The van der Waals surface area contributed by atoms with Gasteiger partial charge in [0.25, 0.3) is 0 Å². The first-order chi connectivity index (χ1) is 7.68. The Hall–Kier alpha value is -1.08. The molecule has 0 fully saturated rings. The van der Waals surface area contributed by atoms with Crippen molar-refractivity contribution in [2.45, 2.75) is 18.7 Å². The van der Waals surface area contributed by atoms with E-state index in [0.29, 0.717) is 4.83 Å². The zero-order valence-electron chi connectivity index (χ0n) is 9.57. The fraction of sp³-hybridized carbons (Fsp3) is 0.200. The van der Waals surface area contributed by atoms with E-state index in [4.69, 9.17) is 0 Å². The smallest absolute Gasteiger partial charge is 0.0367 e. The summed E-state index contributed by atoms with van der Waals surface area (Å²) in [6.45, 7) is 4.29.